The van der Waals surface area contributed by atoms with Crippen LogP contribution in [0.25, 0.3) is 0 Å². The van der Waals surface area contributed by atoms with Gasteiger partial charge in [-0.3, -0.25) is 0 Å². The lowest BCUT2D eigenvalue weighted by Gasteiger charge is -2.29. The Morgan fingerprint density at radius 1 is 1.22 bits per heavy atom. The van der Waals surface area contributed by atoms with Gasteiger partial charge in [0.05, 0.1) is 14.2 Å². The summed E-state index contributed by atoms with van der Waals surface area (Å²) in [6, 6.07) is 5.83. The largest absolute Gasteiger partial charge is 0.493 e. The third-order valence-electron chi connectivity index (χ3n) is 3.57. The average Bonchev–Trinajstić information content (AvgIpc) is 2.46. The zero-order valence-corrected chi connectivity index (χ0v) is 11.0. The van der Waals surface area contributed by atoms with E-state index in [1.807, 2.05) is 18.2 Å². The van der Waals surface area contributed by atoms with Crippen molar-refractivity contribution in [1.82, 2.24) is 0 Å². The topological polar surface area (TPSA) is 53.7 Å². The van der Waals surface area contributed by atoms with Crippen molar-refractivity contribution in [2.75, 3.05) is 27.4 Å². The molecule has 18 heavy (non-hydrogen) atoms. The van der Waals surface area contributed by atoms with Crippen LogP contribution < -0.4 is 15.2 Å². The molecule has 1 aromatic carbocycles. The van der Waals surface area contributed by atoms with Gasteiger partial charge >= 0.3 is 0 Å². The minimum Gasteiger partial charge on any atom is -0.493 e. The molecule has 1 aliphatic heterocycles. The Balaban J connectivity index is 2.25. The van der Waals surface area contributed by atoms with Gasteiger partial charge in [-0.15, -0.1) is 0 Å². The van der Waals surface area contributed by atoms with E-state index >= 15 is 0 Å². The van der Waals surface area contributed by atoms with Gasteiger partial charge in [-0.1, -0.05) is 12.1 Å². The summed E-state index contributed by atoms with van der Waals surface area (Å²) < 4.78 is 16.1. The van der Waals surface area contributed by atoms with E-state index in [1.54, 1.807) is 14.2 Å². The van der Waals surface area contributed by atoms with Crippen molar-refractivity contribution in [3.63, 3.8) is 0 Å². The predicted octanol–water partition coefficient (Wildman–Crippen LogP) is 2.13. The highest BCUT2D eigenvalue weighted by Crippen LogP contribution is 2.38. The van der Waals surface area contributed by atoms with Crippen LogP contribution in [-0.2, 0) is 4.74 Å². The molecule has 1 aliphatic rings. The van der Waals surface area contributed by atoms with Crippen LogP contribution in [0, 0.1) is 5.92 Å². The van der Waals surface area contributed by atoms with E-state index in [2.05, 4.69) is 0 Å². The fourth-order valence-corrected chi connectivity index (χ4v) is 2.50. The van der Waals surface area contributed by atoms with Crippen LogP contribution in [0.2, 0.25) is 0 Å². The lowest BCUT2D eigenvalue weighted by Crippen LogP contribution is -2.27. The summed E-state index contributed by atoms with van der Waals surface area (Å²) >= 11 is 0. The number of hydrogen-bond donors (Lipinski definition) is 1. The van der Waals surface area contributed by atoms with E-state index in [-0.39, 0.29) is 6.04 Å². The molecule has 0 radical (unpaired) electrons. The van der Waals surface area contributed by atoms with E-state index in [0.717, 1.165) is 43.1 Å². The Bertz CT molecular complexity index is 389. The highest BCUT2D eigenvalue weighted by Gasteiger charge is 2.25. The quantitative estimate of drug-likeness (QED) is 0.890. The standard InChI is InChI=1S/C14H21NO3/c1-16-12-5-3-4-11(14(12)17-2)13(15)10-6-8-18-9-7-10/h3-5,10,13H,6-9,15H2,1-2H3. The zero-order chi connectivity index (χ0) is 13.0. The van der Waals surface area contributed by atoms with Gasteiger partial charge in [-0.25, -0.2) is 0 Å². The predicted molar refractivity (Wildman–Crippen MR) is 70.0 cm³/mol. The fraction of sp³-hybridized carbons (Fsp3) is 0.571. The van der Waals surface area contributed by atoms with Crippen molar-refractivity contribution in [2.24, 2.45) is 11.7 Å². The van der Waals surface area contributed by atoms with E-state index < -0.39 is 0 Å². The molecule has 100 valence electrons. The smallest absolute Gasteiger partial charge is 0.165 e. The number of rotatable bonds is 4. The Morgan fingerprint density at radius 3 is 2.56 bits per heavy atom. The van der Waals surface area contributed by atoms with Gasteiger partial charge in [0, 0.05) is 24.8 Å². The Labute approximate surface area is 108 Å². The van der Waals surface area contributed by atoms with Gasteiger partial charge in [0.15, 0.2) is 11.5 Å². The molecule has 1 atom stereocenters. The third kappa shape index (κ3) is 2.60. The first-order valence-electron chi connectivity index (χ1n) is 6.32. The van der Waals surface area contributed by atoms with Gasteiger partial charge < -0.3 is 19.9 Å². The first kappa shape index (κ1) is 13.2. The van der Waals surface area contributed by atoms with Crippen LogP contribution in [0.1, 0.15) is 24.4 Å². The van der Waals surface area contributed by atoms with Crippen molar-refractivity contribution in [2.45, 2.75) is 18.9 Å². The van der Waals surface area contributed by atoms with Crippen LogP contribution >= 0.6 is 0 Å². The molecule has 0 saturated carbocycles. The second kappa shape index (κ2) is 6.07. The van der Waals surface area contributed by atoms with E-state index in [0.29, 0.717) is 5.92 Å². The van der Waals surface area contributed by atoms with Gasteiger partial charge in [0.2, 0.25) is 0 Å². The summed E-state index contributed by atoms with van der Waals surface area (Å²) in [6.45, 7) is 1.59. The molecule has 0 aliphatic carbocycles. The first-order chi connectivity index (χ1) is 8.77. The van der Waals surface area contributed by atoms with Gasteiger partial charge in [0.25, 0.3) is 0 Å². The summed E-state index contributed by atoms with van der Waals surface area (Å²) in [6.07, 6.45) is 2.00. The third-order valence-corrected chi connectivity index (χ3v) is 3.57. The number of methoxy groups -OCH3 is 2. The van der Waals surface area contributed by atoms with Crippen LogP contribution in [0.5, 0.6) is 11.5 Å². The molecule has 0 spiro atoms. The van der Waals surface area contributed by atoms with Crippen LogP contribution in [0.4, 0.5) is 0 Å². The average molecular weight is 251 g/mol. The molecule has 2 N–H and O–H groups in total. The molecule has 0 amide bonds. The molecule has 0 bridgehead atoms. The maximum Gasteiger partial charge on any atom is 0.165 e. The molecular weight excluding hydrogens is 230 g/mol. The number of nitrogens with two attached hydrogens (primary N) is 1. The van der Waals surface area contributed by atoms with Crippen molar-refractivity contribution in [3.05, 3.63) is 23.8 Å². The number of benzene rings is 1. The maximum atomic E-state index is 6.38. The number of ether oxygens (including phenoxy) is 3. The van der Waals surface area contributed by atoms with Gasteiger partial charge in [-0.05, 0) is 24.8 Å². The lowest BCUT2D eigenvalue weighted by molar-refractivity contribution is 0.0581. The van der Waals surface area contributed by atoms with Crippen LogP contribution in [-0.4, -0.2) is 27.4 Å². The Hall–Kier alpha value is -1.26. The molecule has 1 unspecified atom stereocenters. The molecule has 4 heteroatoms. The van der Waals surface area contributed by atoms with E-state index in [4.69, 9.17) is 19.9 Å². The lowest BCUT2D eigenvalue weighted by atomic mass is 9.87. The summed E-state index contributed by atoms with van der Waals surface area (Å²) in [5.74, 6) is 1.93. The SMILES string of the molecule is COc1cccc(C(N)C2CCOCC2)c1OC. The second-order valence-electron chi connectivity index (χ2n) is 4.56. The fourth-order valence-electron chi connectivity index (χ4n) is 2.50. The molecule has 1 saturated heterocycles. The minimum absolute atomic E-state index is 0.0288. The minimum atomic E-state index is -0.0288. The molecule has 1 fully saturated rings. The molecule has 0 aromatic heterocycles. The summed E-state index contributed by atoms with van der Waals surface area (Å²) in [7, 11) is 3.29. The molecule has 1 heterocycles. The van der Waals surface area contributed by atoms with E-state index in [9.17, 15) is 0 Å². The van der Waals surface area contributed by atoms with Gasteiger partial charge in [0.1, 0.15) is 0 Å². The van der Waals surface area contributed by atoms with Crippen molar-refractivity contribution in [1.29, 1.82) is 0 Å². The Kier molecular flexibility index (Phi) is 4.44. The first-order valence-corrected chi connectivity index (χ1v) is 6.32. The number of hydrogen-bond acceptors (Lipinski definition) is 4. The van der Waals surface area contributed by atoms with Crippen molar-refractivity contribution in [3.8, 4) is 11.5 Å². The monoisotopic (exact) mass is 251 g/mol. The summed E-state index contributed by atoms with van der Waals surface area (Å²) in [5.41, 5.74) is 7.40. The highest BCUT2D eigenvalue weighted by molar-refractivity contribution is 5.48. The molecule has 4 nitrogen and oxygen atoms in total. The molecular formula is C14H21NO3. The van der Waals surface area contributed by atoms with Gasteiger partial charge in [-0.2, -0.15) is 0 Å². The normalized spacial score (nSPS) is 18.4. The summed E-state index contributed by atoms with van der Waals surface area (Å²) in [4.78, 5) is 0. The van der Waals surface area contributed by atoms with Crippen molar-refractivity contribution < 1.29 is 14.2 Å². The molecule has 2 rings (SSSR count). The zero-order valence-electron chi connectivity index (χ0n) is 11.0. The summed E-state index contributed by atoms with van der Waals surface area (Å²) in [5, 5.41) is 0. The van der Waals surface area contributed by atoms with Crippen molar-refractivity contribution >= 4 is 0 Å². The molecule has 1 aromatic rings. The second-order valence-corrected chi connectivity index (χ2v) is 4.56. The maximum absolute atomic E-state index is 6.38. The van der Waals surface area contributed by atoms with Crippen LogP contribution in [0.15, 0.2) is 18.2 Å². The number of para-hydroxylation sites is 1. The Morgan fingerprint density at radius 2 is 1.94 bits per heavy atom. The van der Waals surface area contributed by atoms with Crippen LogP contribution in [0.3, 0.4) is 0 Å². The van der Waals surface area contributed by atoms with E-state index in [1.165, 1.54) is 0 Å². The highest BCUT2D eigenvalue weighted by atomic mass is 16.5.